The van der Waals surface area contributed by atoms with Crippen molar-refractivity contribution in [3.8, 4) is 0 Å². The van der Waals surface area contributed by atoms with Gasteiger partial charge in [0.25, 0.3) is 5.91 Å². The third-order valence-electron chi connectivity index (χ3n) is 5.59. The molecule has 0 spiro atoms. The van der Waals surface area contributed by atoms with Gasteiger partial charge in [0.15, 0.2) is 0 Å². The molecule has 1 aliphatic heterocycles. The first-order chi connectivity index (χ1) is 14.9. The molecule has 7 heteroatoms. The summed E-state index contributed by atoms with van der Waals surface area (Å²) >= 11 is 0. The van der Waals surface area contributed by atoms with Crippen molar-refractivity contribution >= 4 is 49.9 Å². The number of hydrogen-bond donors (Lipinski definition) is 1. The summed E-state index contributed by atoms with van der Waals surface area (Å²) in [5.41, 5.74) is 3.89. The Bertz CT molecular complexity index is 1390. The fourth-order valence-corrected chi connectivity index (χ4v) is 4.54. The summed E-state index contributed by atoms with van der Waals surface area (Å²) in [4.78, 5) is 15.7. The summed E-state index contributed by atoms with van der Waals surface area (Å²) in [6, 6.07) is 20.5. The smallest absolute Gasteiger partial charge is 0.261 e. The van der Waals surface area contributed by atoms with E-state index in [0.717, 1.165) is 27.0 Å². The van der Waals surface area contributed by atoms with Crippen LogP contribution in [0.2, 0.25) is 0 Å². The molecule has 2 heterocycles. The standard InChI is InChI=1S/C24H20N2O4S/c1-25(28)20-14-26(16-8-10-17(11-9-16)31(2)29)24(27)23(20)15-7-12-22-19(13-15)18-5-3-4-6-21(18)30-22/h3-13,28H,14H2,1-2H3. The summed E-state index contributed by atoms with van der Waals surface area (Å²) in [6.45, 7) is 0.236. The Morgan fingerprint density at radius 3 is 2.42 bits per heavy atom. The molecule has 0 aliphatic carbocycles. The molecule has 4 aromatic rings. The van der Waals surface area contributed by atoms with Gasteiger partial charge < -0.3 is 9.32 Å². The molecule has 1 amide bonds. The fourth-order valence-electron chi connectivity index (χ4n) is 4.02. The molecule has 156 valence electrons. The van der Waals surface area contributed by atoms with Crippen molar-refractivity contribution in [3.05, 3.63) is 78.0 Å². The van der Waals surface area contributed by atoms with E-state index in [4.69, 9.17) is 4.42 Å². The maximum Gasteiger partial charge on any atom is 0.261 e. The van der Waals surface area contributed by atoms with E-state index in [1.165, 1.54) is 7.05 Å². The quantitative estimate of drug-likeness (QED) is 0.484. The largest absolute Gasteiger partial charge is 0.456 e. The SMILES string of the molecule is CN(O)C1=C(c2ccc3oc4ccccc4c3c2)C(=O)N(c2ccc(S(C)=O)cc2)C1. The molecule has 3 aromatic carbocycles. The third-order valence-corrected chi connectivity index (χ3v) is 6.53. The van der Waals surface area contributed by atoms with E-state index >= 15 is 0 Å². The maximum absolute atomic E-state index is 13.4. The summed E-state index contributed by atoms with van der Waals surface area (Å²) in [5, 5.41) is 13.2. The fraction of sp³-hybridized carbons (Fsp3) is 0.125. The van der Waals surface area contributed by atoms with Crippen LogP contribution in [0.3, 0.4) is 0 Å². The Morgan fingerprint density at radius 1 is 1.00 bits per heavy atom. The molecule has 1 atom stereocenters. The first kappa shape index (κ1) is 19.5. The van der Waals surface area contributed by atoms with Gasteiger partial charge in [-0.2, -0.15) is 0 Å². The topological polar surface area (TPSA) is 74.0 Å². The summed E-state index contributed by atoms with van der Waals surface area (Å²) in [6.07, 6.45) is 1.62. The van der Waals surface area contributed by atoms with Gasteiger partial charge in [-0.15, -0.1) is 0 Å². The molecule has 5 rings (SSSR count). The van der Waals surface area contributed by atoms with Gasteiger partial charge in [-0.05, 0) is 48.0 Å². The highest BCUT2D eigenvalue weighted by molar-refractivity contribution is 7.84. The number of hydroxylamine groups is 2. The Morgan fingerprint density at radius 2 is 1.71 bits per heavy atom. The van der Waals surface area contributed by atoms with Crippen LogP contribution in [0, 0.1) is 0 Å². The van der Waals surface area contributed by atoms with Gasteiger partial charge in [0, 0.05) is 45.5 Å². The number of benzene rings is 3. The van der Waals surface area contributed by atoms with Crippen LogP contribution in [0.5, 0.6) is 0 Å². The van der Waals surface area contributed by atoms with Crippen molar-refractivity contribution < 1.29 is 18.6 Å². The first-order valence-corrected chi connectivity index (χ1v) is 11.3. The van der Waals surface area contributed by atoms with Crippen LogP contribution in [0.15, 0.2) is 81.7 Å². The van der Waals surface area contributed by atoms with Crippen LogP contribution in [0.4, 0.5) is 5.69 Å². The van der Waals surface area contributed by atoms with Gasteiger partial charge in [-0.3, -0.25) is 19.3 Å². The van der Waals surface area contributed by atoms with E-state index in [1.54, 1.807) is 35.4 Å². The number of likely N-dealkylation sites (N-methyl/N-ethyl adjacent to an activating group) is 1. The van der Waals surface area contributed by atoms with Gasteiger partial charge in [-0.1, -0.05) is 24.3 Å². The van der Waals surface area contributed by atoms with Crippen LogP contribution in [0.1, 0.15) is 5.56 Å². The predicted molar refractivity (Wildman–Crippen MR) is 121 cm³/mol. The van der Waals surface area contributed by atoms with E-state index in [0.29, 0.717) is 27.4 Å². The number of amides is 1. The van der Waals surface area contributed by atoms with Crippen molar-refractivity contribution in [1.29, 1.82) is 0 Å². The lowest BCUT2D eigenvalue weighted by Crippen LogP contribution is -2.27. The molecular formula is C24H20N2O4S. The Hall–Kier alpha value is -3.42. The zero-order valence-corrected chi connectivity index (χ0v) is 17.8. The Kier molecular flexibility index (Phi) is 4.64. The summed E-state index contributed by atoms with van der Waals surface area (Å²) in [7, 11) is 0.424. The summed E-state index contributed by atoms with van der Waals surface area (Å²) < 4.78 is 17.6. The average Bonchev–Trinajstić information content (AvgIpc) is 3.31. The van der Waals surface area contributed by atoms with Crippen LogP contribution < -0.4 is 4.90 Å². The van der Waals surface area contributed by atoms with Gasteiger partial charge in [0.1, 0.15) is 11.2 Å². The van der Waals surface area contributed by atoms with E-state index in [9.17, 15) is 14.2 Å². The number of carbonyl (C=O) groups excluding carboxylic acids is 1. The van der Waals surface area contributed by atoms with Crippen molar-refractivity contribution in [2.24, 2.45) is 0 Å². The van der Waals surface area contributed by atoms with Crippen molar-refractivity contribution in [1.82, 2.24) is 5.06 Å². The van der Waals surface area contributed by atoms with Crippen molar-refractivity contribution in [2.45, 2.75) is 4.90 Å². The minimum atomic E-state index is -1.09. The Labute approximate surface area is 181 Å². The molecule has 1 unspecified atom stereocenters. The van der Waals surface area contributed by atoms with E-state index in [2.05, 4.69) is 0 Å². The normalized spacial score (nSPS) is 15.3. The van der Waals surface area contributed by atoms with E-state index < -0.39 is 10.8 Å². The minimum Gasteiger partial charge on any atom is -0.456 e. The minimum absolute atomic E-state index is 0.201. The lowest BCUT2D eigenvalue weighted by molar-refractivity contribution is -0.112. The van der Waals surface area contributed by atoms with Crippen LogP contribution >= 0.6 is 0 Å². The second-order valence-electron chi connectivity index (χ2n) is 7.49. The zero-order valence-electron chi connectivity index (χ0n) is 17.0. The van der Waals surface area contributed by atoms with Gasteiger partial charge in [-0.25, -0.2) is 0 Å². The zero-order chi connectivity index (χ0) is 21.7. The number of anilines is 1. The van der Waals surface area contributed by atoms with Crippen LogP contribution in [-0.2, 0) is 15.6 Å². The molecule has 0 fully saturated rings. The van der Waals surface area contributed by atoms with Gasteiger partial charge in [0.05, 0.1) is 17.8 Å². The predicted octanol–water partition coefficient (Wildman–Crippen LogP) is 4.40. The lowest BCUT2D eigenvalue weighted by atomic mass is 10.0. The number of rotatable bonds is 4. The van der Waals surface area contributed by atoms with Gasteiger partial charge >= 0.3 is 0 Å². The highest BCUT2D eigenvalue weighted by atomic mass is 32.2. The van der Waals surface area contributed by atoms with Crippen molar-refractivity contribution in [2.75, 3.05) is 24.7 Å². The number of carbonyl (C=O) groups is 1. The molecular weight excluding hydrogens is 412 g/mol. The molecule has 0 saturated carbocycles. The van der Waals surface area contributed by atoms with Crippen molar-refractivity contribution in [3.63, 3.8) is 0 Å². The highest BCUT2D eigenvalue weighted by Crippen LogP contribution is 2.36. The average molecular weight is 433 g/mol. The molecule has 1 aliphatic rings. The first-order valence-electron chi connectivity index (χ1n) is 9.77. The molecule has 6 nitrogen and oxygen atoms in total. The maximum atomic E-state index is 13.4. The second-order valence-corrected chi connectivity index (χ2v) is 8.87. The number of furan rings is 1. The monoisotopic (exact) mass is 432 g/mol. The molecule has 0 radical (unpaired) electrons. The summed E-state index contributed by atoms with van der Waals surface area (Å²) in [5.74, 6) is -0.201. The number of fused-ring (bicyclic) bond motifs is 3. The third kappa shape index (κ3) is 3.22. The van der Waals surface area contributed by atoms with E-state index in [-0.39, 0.29) is 12.5 Å². The molecule has 0 bridgehead atoms. The highest BCUT2D eigenvalue weighted by Gasteiger charge is 2.34. The van der Waals surface area contributed by atoms with E-state index in [1.807, 2.05) is 42.5 Å². The molecule has 31 heavy (non-hydrogen) atoms. The number of hydrogen-bond acceptors (Lipinski definition) is 5. The van der Waals surface area contributed by atoms with Gasteiger partial charge in [0.2, 0.25) is 0 Å². The lowest BCUT2D eigenvalue weighted by Gasteiger charge is -2.18. The van der Waals surface area contributed by atoms with Crippen LogP contribution in [-0.4, -0.2) is 40.2 Å². The molecule has 1 aromatic heterocycles. The molecule has 1 N–H and O–H groups in total. The Balaban J connectivity index is 1.59. The molecule has 0 saturated heterocycles. The van der Waals surface area contributed by atoms with Crippen LogP contribution in [0.25, 0.3) is 27.5 Å². The number of para-hydroxylation sites is 1. The second kappa shape index (κ2) is 7.37. The number of nitrogens with zero attached hydrogens (tertiary/aromatic N) is 2.